The molecule has 1 aromatic heterocycles. The first-order valence-electron chi connectivity index (χ1n) is 5.33. The minimum absolute atomic E-state index is 0.0398. The number of hydrogen-bond acceptors (Lipinski definition) is 5. The molecule has 0 aliphatic rings. The van der Waals surface area contributed by atoms with Gasteiger partial charge in [-0.2, -0.15) is 0 Å². The summed E-state index contributed by atoms with van der Waals surface area (Å²) in [5.41, 5.74) is 0.333. The van der Waals surface area contributed by atoms with Crippen LogP contribution < -0.4 is 0 Å². The number of carbonyl (C=O) groups excluding carboxylic acids is 2. The highest BCUT2D eigenvalue weighted by Gasteiger charge is 2.17. The van der Waals surface area contributed by atoms with Gasteiger partial charge >= 0.3 is 11.9 Å². The Balaban J connectivity index is 2.76. The van der Waals surface area contributed by atoms with Crippen LogP contribution in [0.4, 0.5) is 4.39 Å². The molecule has 0 aliphatic heterocycles. The molecule has 5 nitrogen and oxygen atoms in total. The molecule has 1 aromatic carbocycles. The molecule has 2 aromatic rings. The van der Waals surface area contributed by atoms with Crippen molar-refractivity contribution in [1.82, 2.24) is 4.98 Å². The van der Waals surface area contributed by atoms with E-state index >= 15 is 0 Å². The largest absolute Gasteiger partial charge is 0.465 e. The van der Waals surface area contributed by atoms with Crippen LogP contribution in [0.15, 0.2) is 24.3 Å². The second kappa shape index (κ2) is 5.01. The van der Waals surface area contributed by atoms with Gasteiger partial charge in [0.05, 0.1) is 25.3 Å². The topological polar surface area (TPSA) is 65.5 Å². The van der Waals surface area contributed by atoms with Crippen LogP contribution in [0.2, 0.25) is 0 Å². The minimum Gasteiger partial charge on any atom is -0.465 e. The number of benzene rings is 1. The first-order chi connectivity index (χ1) is 9.06. The summed E-state index contributed by atoms with van der Waals surface area (Å²) in [5.74, 6) is -1.87. The molecule has 0 saturated carbocycles. The number of aromatic nitrogens is 1. The molecule has 0 radical (unpaired) electrons. The molecule has 6 heteroatoms. The maximum absolute atomic E-state index is 13.2. The van der Waals surface area contributed by atoms with Crippen LogP contribution in [-0.2, 0) is 9.47 Å². The van der Waals surface area contributed by atoms with E-state index in [0.29, 0.717) is 5.52 Å². The van der Waals surface area contributed by atoms with Crippen molar-refractivity contribution in [3.05, 3.63) is 41.3 Å². The van der Waals surface area contributed by atoms with Gasteiger partial charge in [-0.1, -0.05) is 0 Å². The van der Waals surface area contributed by atoms with Crippen LogP contribution in [0.5, 0.6) is 0 Å². The summed E-state index contributed by atoms with van der Waals surface area (Å²) >= 11 is 0. The van der Waals surface area contributed by atoms with Gasteiger partial charge in [0.1, 0.15) is 11.5 Å². The van der Waals surface area contributed by atoms with Gasteiger partial charge in [-0.15, -0.1) is 0 Å². The summed E-state index contributed by atoms with van der Waals surface area (Å²) in [6, 6.07) is 4.95. The molecule has 98 valence electrons. The van der Waals surface area contributed by atoms with Crippen molar-refractivity contribution < 1.29 is 23.5 Å². The Bertz CT molecular complexity index is 669. The third-order valence-electron chi connectivity index (χ3n) is 2.57. The quantitative estimate of drug-likeness (QED) is 0.775. The maximum atomic E-state index is 13.2. The van der Waals surface area contributed by atoms with E-state index in [1.807, 2.05) is 0 Å². The Morgan fingerprint density at radius 2 is 1.79 bits per heavy atom. The van der Waals surface area contributed by atoms with Gasteiger partial charge in [-0.05, 0) is 24.3 Å². The fourth-order valence-corrected chi connectivity index (χ4v) is 1.69. The Morgan fingerprint density at radius 3 is 2.42 bits per heavy atom. The molecule has 0 fully saturated rings. The van der Waals surface area contributed by atoms with E-state index in [0.717, 1.165) is 6.07 Å². The number of esters is 2. The SMILES string of the molecule is COC(=O)c1cc(C(=O)OC)c2cc(F)ccc2n1. The van der Waals surface area contributed by atoms with Crippen molar-refractivity contribution in [2.24, 2.45) is 0 Å². The lowest BCUT2D eigenvalue weighted by molar-refractivity contribution is 0.0594. The third kappa shape index (κ3) is 2.37. The van der Waals surface area contributed by atoms with Crippen LogP contribution >= 0.6 is 0 Å². The number of hydrogen-bond donors (Lipinski definition) is 0. The molecule has 0 unspecified atom stereocenters. The van der Waals surface area contributed by atoms with Crippen LogP contribution in [0, 0.1) is 5.82 Å². The molecule has 0 saturated heterocycles. The molecule has 0 spiro atoms. The Labute approximate surface area is 108 Å². The fourth-order valence-electron chi connectivity index (χ4n) is 1.69. The number of ether oxygens (including phenoxy) is 2. The summed E-state index contributed by atoms with van der Waals surface area (Å²) in [4.78, 5) is 27.2. The van der Waals surface area contributed by atoms with Crippen LogP contribution in [0.1, 0.15) is 20.8 Å². The lowest BCUT2D eigenvalue weighted by atomic mass is 10.1. The van der Waals surface area contributed by atoms with E-state index in [2.05, 4.69) is 14.5 Å². The molecule has 0 aliphatic carbocycles. The second-order valence-electron chi connectivity index (χ2n) is 3.70. The maximum Gasteiger partial charge on any atom is 0.356 e. The molecule has 0 N–H and O–H groups in total. The smallest absolute Gasteiger partial charge is 0.356 e. The van der Waals surface area contributed by atoms with Crippen LogP contribution in [-0.4, -0.2) is 31.1 Å². The minimum atomic E-state index is -0.684. The predicted molar refractivity (Wildman–Crippen MR) is 64.4 cm³/mol. The van der Waals surface area contributed by atoms with E-state index in [1.165, 1.54) is 32.4 Å². The molecule has 0 amide bonds. The summed E-state index contributed by atoms with van der Waals surface area (Å²) in [6.45, 7) is 0. The lowest BCUT2D eigenvalue weighted by Gasteiger charge is -2.07. The highest BCUT2D eigenvalue weighted by molar-refractivity contribution is 6.05. The number of methoxy groups -OCH3 is 2. The van der Waals surface area contributed by atoms with Gasteiger partial charge in [0, 0.05) is 5.39 Å². The monoisotopic (exact) mass is 263 g/mol. The second-order valence-corrected chi connectivity index (χ2v) is 3.70. The van der Waals surface area contributed by atoms with Crippen molar-refractivity contribution >= 4 is 22.8 Å². The number of halogens is 1. The van der Waals surface area contributed by atoms with E-state index in [9.17, 15) is 14.0 Å². The Morgan fingerprint density at radius 1 is 1.11 bits per heavy atom. The summed E-state index contributed by atoms with van der Waals surface area (Å²) < 4.78 is 22.4. The van der Waals surface area contributed by atoms with Gasteiger partial charge < -0.3 is 9.47 Å². The first kappa shape index (κ1) is 12.9. The molecule has 19 heavy (non-hydrogen) atoms. The summed E-state index contributed by atoms with van der Waals surface area (Å²) in [5, 5.41) is 0.277. The average molecular weight is 263 g/mol. The van der Waals surface area contributed by atoms with E-state index in [1.54, 1.807) is 0 Å². The van der Waals surface area contributed by atoms with Crippen LogP contribution in [0.3, 0.4) is 0 Å². The zero-order valence-electron chi connectivity index (χ0n) is 10.3. The van der Waals surface area contributed by atoms with Crippen molar-refractivity contribution in [1.29, 1.82) is 0 Å². The normalized spacial score (nSPS) is 10.3. The van der Waals surface area contributed by atoms with E-state index in [4.69, 9.17) is 0 Å². The highest BCUT2D eigenvalue weighted by atomic mass is 19.1. The number of nitrogens with zero attached hydrogens (tertiary/aromatic N) is 1. The van der Waals surface area contributed by atoms with E-state index < -0.39 is 17.8 Å². The number of rotatable bonds is 2. The highest BCUT2D eigenvalue weighted by Crippen LogP contribution is 2.21. The summed E-state index contributed by atoms with van der Waals surface area (Å²) in [6.07, 6.45) is 0. The zero-order chi connectivity index (χ0) is 14.0. The van der Waals surface area contributed by atoms with E-state index in [-0.39, 0.29) is 16.6 Å². The van der Waals surface area contributed by atoms with Crippen molar-refractivity contribution in [2.75, 3.05) is 14.2 Å². The Hall–Kier alpha value is -2.50. The van der Waals surface area contributed by atoms with Gasteiger partial charge in [-0.25, -0.2) is 19.0 Å². The Kier molecular flexibility index (Phi) is 3.41. The van der Waals surface area contributed by atoms with Gasteiger partial charge in [-0.3, -0.25) is 0 Å². The first-order valence-corrected chi connectivity index (χ1v) is 5.33. The molecule has 2 rings (SSSR count). The average Bonchev–Trinajstić information content (AvgIpc) is 2.44. The molecular formula is C13H10FNO4. The van der Waals surface area contributed by atoms with Gasteiger partial charge in [0.2, 0.25) is 0 Å². The fraction of sp³-hybridized carbons (Fsp3) is 0.154. The molecule has 0 bridgehead atoms. The third-order valence-corrected chi connectivity index (χ3v) is 2.57. The molecular weight excluding hydrogens is 253 g/mol. The predicted octanol–water partition coefficient (Wildman–Crippen LogP) is 1.95. The number of carbonyl (C=O) groups is 2. The van der Waals surface area contributed by atoms with Crippen LogP contribution in [0.25, 0.3) is 10.9 Å². The van der Waals surface area contributed by atoms with Gasteiger partial charge in [0.25, 0.3) is 0 Å². The zero-order valence-corrected chi connectivity index (χ0v) is 10.3. The van der Waals surface area contributed by atoms with Crippen molar-refractivity contribution in [2.45, 2.75) is 0 Å². The van der Waals surface area contributed by atoms with Crippen molar-refractivity contribution in [3.63, 3.8) is 0 Å². The lowest BCUT2D eigenvalue weighted by Crippen LogP contribution is -2.09. The van der Waals surface area contributed by atoms with Crippen molar-refractivity contribution in [3.8, 4) is 0 Å². The summed E-state index contributed by atoms with van der Waals surface area (Å²) in [7, 11) is 2.41. The standard InChI is InChI=1S/C13H10FNO4/c1-18-12(16)9-6-11(13(17)19-2)15-10-4-3-7(14)5-8(9)10/h3-6H,1-2H3. The van der Waals surface area contributed by atoms with Gasteiger partial charge in [0.15, 0.2) is 0 Å². The number of fused-ring (bicyclic) bond motifs is 1. The number of pyridine rings is 1. The molecule has 0 atom stereocenters. The molecule has 1 heterocycles.